The molecule has 0 spiro atoms. The van der Waals surface area contributed by atoms with Crippen molar-refractivity contribution in [2.75, 3.05) is 6.26 Å². The van der Waals surface area contributed by atoms with E-state index in [0.717, 1.165) is 12.0 Å². The summed E-state index contributed by atoms with van der Waals surface area (Å²) in [6.45, 7) is 4.17. The van der Waals surface area contributed by atoms with E-state index in [0.29, 0.717) is 4.90 Å². The maximum Gasteiger partial charge on any atom is 0.175 e. The van der Waals surface area contributed by atoms with Crippen molar-refractivity contribution < 1.29 is 8.42 Å². The fraction of sp³-hybridized carbons (Fsp3) is 0.294. The third kappa shape index (κ3) is 3.71. The Bertz CT molecular complexity index is 714. The minimum Gasteiger partial charge on any atom is -0.324 e. The summed E-state index contributed by atoms with van der Waals surface area (Å²) in [5.74, 6) is 0. The van der Waals surface area contributed by atoms with Crippen molar-refractivity contribution in [1.29, 1.82) is 0 Å². The molecular weight excluding hydrogens is 282 g/mol. The third-order valence-corrected chi connectivity index (χ3v) is 4.93. The van der Waals surface area contributed by atoms with Crippen LogP contribution in [-0.2, 0) is 16.3 Å². The van der Waals surface area contributed by atoms with Gasteiger partial charge >= 0.3 is 0 Å². The van der Waals surface area contributed by atoms with Crippen LogP contribution >= 0.6 is 0 Å². The highest BCUT2D eigenvalue weighted by Gasteiger charge is 2.12. The van der Waals surface area contributed by atoms with Crippen molar-refractivity contribution in [2.24, 2.45) is 5.73 Å². The number of sulfone groups is 1. The minimum absolute atomic E-state index is 0.140. The highest BCUT2D eigenvalue weighted by Crippen LogP contribution is 2.22. The summed E-state index contributed by atoms with van der Waals surface area (Å²) in [7, 11) is -3.16. The standard InChI is InChI=1S/C17H21NO2S/c1-12-5-4-6-13(2)16(12)11-17(18)14-7-9-15(10-8-14)21(3,19)20/h4-10,17H,11,18H2,1-3H3. The predicted octanol–water partition coefficient (Wildman–Crippen LogP) is 2.95. The first-order valence-corrected chi connectivity index (χ1v) is 8.79. The van der Waals surface area contributed by atoms with E-state index in [-0.39, 0.29) is 6.04 Å². The SMILES string of the molecule is Cc1cccc(C)c1CC(N)c1ccc(S(C)(=O)=O)cc1. The Morgan fingerprint density at radius 3 is 2.00 bits per heavy atom. The molecule has 0 amide bonds. The van der Waals surface area contributed by atoms with Crippen LogP contribution in [0, 0.1) is 13.8 Å². The van der Waals surface area contributed by atoms with E-state index in [4.69, 9.17) is 5.73 Å². The van der Waals surface area contributed by atoms with E-state index in [2.05, 4.69) is 26.0 Å². The van der Waals surface area contributed by atoms with E-state index in [1.165, 1.54) is 22.9 Å². The molecule has 0 heterocycles. The number of hydrogen-bond acceptors (Lipinski definition) is 3. The molecule has 0 aliphatic rings. The van der Waals surface area contributed by atoms with Crippen molar-refractivity contribution in [3.05, 3.63) is 64.7 Å². The van der Waals surface area contributed by atoms with Gasteiger partial charge in [-0.3, -0.25) is 0 Å². The Balaban J connectivity index is 2.23. The van der Waals surface area contributed by atoms with Crippen molar-refractivity contribution in [2.45, 2.75) is 31.2 Å². The fourth-order valence-electron chi connectivity index (χ4n) is 2.47. The van der Waals surface area contributed by atoms with Gasteiger partial charge in [-0.1, -0.05) is 30.3 Å². The van der Waals surface area contributed by atoms with E-state index >= 15 is 0 Å². The summed E-state index contributed by atoms with van der Waals surface area (Å²) in [4.78, 5) is 0.325. The topological polar surface area (TPSA) is 60.2 Å². The zero-order valence-electron chi connectivity index (χ0n) is 12.6. The molecule has 0 fully saturated rings. The van der Waals surface area contributed by atoms with Gasteiger partial charge in [0.05, 0.1) is 4.90 Å². The summed E-state index contributed by atoms with van der Waals surface area (Å²) in [5, 5.41) is 0. The maximum absolute atomic E-state index is 11.5. The average molecular weight is 303 g/mol. The van der Waals surface area contributed by atoms with Gasteiger partial charge in [0.25, 0.3) is 0 Å². The second-order valence-electron chi connectivity index (χ2n) is 5.52. The molecule has 1 unspecified atom stereocenters. The molecule has 2 aromatic carbocycles. The molecule has 0 bridgehead atoms. The van der Waals surface area contributed by atoms with Crippen LogP contribution in [0.3, 0.4) is 0 Å². The van der Waals surface area contributed by atoms with Crippen LogP contribution in [0.1, 0.15) is 28.3 Å². The lowest BCUT2D eigenvalue weighted by atomic mass is 9.93. The van der Waals surface area contributed by atoms with Crippen LogP contribution in [0.5, 0.6) is 0 Å². The first-order valence-electron chi connectivity index (χ1n) is 6.89. The van der Waals surface area contributed by atoms with Crippen LogP contribution < -0.4 is 5.73 Å². The van der Waals surface area contributed by atoms with Crippen LogP contribution in [0.25, 0.3) is 0 Å². The first-order chi connectivity index (χ1) is 9.79. The van der Waals surface area contributed by atoms with Gasteiger partial charge in [-0.05, 0) is 54.7 Å². The fourth-order valence-corrected chi connectivity index (χ4v) is 3.10. The Kier molecular flexibility index (Phi) is 4.49. The molecular formula is C17H21NO2S. The molecule has 2 aromatic rings. The third-order valence-electron chi connectivity index (χ3n) is 3.80. The highest BCUT2D eigenvalue weighted by atomic mass is 32.2. The van der Waals surface area contributed by atoms with Crippen LogP contribution in [0.15, 0.2) is 47.4 Å². The normalized spacial score (nSPS) is 13.1. The predicted molar refractivity (Wildman–Crippen MR) is 86.1 cm³/mol. The van der Waals surface area contributed by atoms with Crippen molar-refractivity contribution >= 4 is 9.84 Å². The van der Waals surface area contributed by atoms with Gasteiger partial charge in [-0.25, -0.2) is 8.42 Å². The average Bonchev–Trinajstić information content (AvgIpc) is 2.42. The second kappa shape index (κ2) is 6.00. The lowest BCUT2D eigenvalue weighted by Gasteiger charge is -2.16. The first kappa shape index (κ1) is 15.7. The van der Waals surface area contributed by atoms with Gasteiger partial charge in [-0.15, -0.1) is 0 Å². The van der Waals surface area contributed by atoms with Gasteiger partial charge < -0.3 is 5.73 Å². The van der Waals surface area contributed by atoms with E-state index in [9.17, 15) is 8.42 Å². The number of hydrogen-bond donors (Lipinski definition) is 1. The van der Waals surface area contributed by atoms with E-state index in [1.54, 1.807) is 24.3 Å². The van der Waals surface area contributed by atoms with Gasteiger partial charge in [0, 0.05) is 12.3 Å². The largest absolute Gasteiger partial charge is 0.324 e. The molecule has 1 atom stereocenters. The summed E-state index contributed by atoms with van der Waals surface area (Å²) >= 11 is 0. The van der Waals surface area contributed by atoms with Crippen molar-refractivity contribution in [3.63, 3.8) is 0 Å². The summed E-state index contributed by atoms with van der Waals surface area (Å²) < 4.78 is 22.9. The molecule has 0 aliphatic carbocycles. The summed E-state index contributed by atoms with van der Waals surface area (Å²) in [6.07, 6.45) is 1.95. The van der Waals surface area contributed by atoms with Crippen LogP contribution in [0.4, 0.5) is 0 Å². The van der Waals surface area contributed by atoms with Gasteiger partial charge in [0.2, 0.25) is 0 Å². The molecule has 2 rings (SSSR count). The molecule has 0 aromatic heterocycles. The zero-order chi connectivity index (χ0) is 15.6. The Labute approximate surface area is 126 Å². The summed E-state index contributed by atoms with van der Waals surface area (Å²) in [6, 6.07) is 12.9. The van der Waals surface area contributed by atoms with E-state index < -0.39 is 9.84 Å². The molecule has 0 aliphatic heterocycles. The van der Waals surface area contributed by atoms with Crippen molar-refractivity contribution in [3.8, 4) is 0 Å². The van der Waals surface area contributed by atoms with Gasteiger partial charge in [-0.2, -0.15) is 0 Å². The Morgan fingerprint density at radius 1 is 1.00 bits per heavy atom. The molecule has 4 heteroatoms. The molecule has 21 heavy (non-hydrogen) atoms. The number of nitrogens with two attached hydrogens (primary N) is 1. The van der Waals surface area contributed by atoms with E-state index in [1.807, 2.05) is 6.07 Å². The molecule has 112 valence electrons. The number of aryl methyl sites for hydroxylation is 2. The summed E-state index contributed by atoms with van der Waals surface area (Å²) in [5.41, 5.74) is 11.0. The van der Waals surface area contributed by atoms with Gasteiger partial charge in [0.1, 0.15) is 0 Å². The van der Waals surface area contributed by atoms with Crippen LogP contribution in [-0.4, -0.2) is 14.7 Å². The van der Waals surface area contributed by atoms with Gasteiger partial charge in [0.15, 0.2) is 9.84 Å². The maximum atomic E-state index is 11.5. The quantitative estimate of drug-likeness (QED) is 0.944. The molecule has 0 saturated carbocycles. The lowest BCUT2D eigenvalue weighted by Crippen LogP contribution is -2.15. The van der Waals surface area contributed by atoms with Crippen LogP contribution in [0.2, 0.25) is 0 Å². The molecule has 0 saturated heterocycles. The smallest absolute Gasteiger partial charge is 0.175 e. The Morgan fingerprint density at radius 2 is 1.52 bits per heavy atom. The minimum atomic E-state index is -3.16. The number of rotatable bonds is 4. The lowest BCUT2D eigenvalue weighted by molar-refractivity contribution is 0.601. The Hall–Kier alpha value is -1.65. The van der Waals surface area contributed by atoms with Crippen molar-refractivity contribution in [1.82, 2.24) is 0 Å². The zero-order valence-corrected chi connectivity index (χ0v) is 13.4. The monoisotopic (exact) mass is 303 g/mol. The molecule has 2 N–H and O–H groups in total. The number of benzene rings is 2. The molecule has 3 nitrogen and oxygen atoms in total. The second-order valence-corrected chi connectivity index (χ2v) is 7.54. The molecule has 0 radical (unpaired) electrons. The highest BCUT2D eigenvalue weighted by molar-refractivity contribution is 7.90.